The molecule has 0 aliphatic heterocycles. The second-order valence-electron chi connectivity index (χ2n) is 4.32. The van der Waals surface area contributed by atoms with Gasteiger partial charge in [-0.15, -0.1) is 0 Å². The maximum absolute atomic E-state index is 12.6. The summed E-state index contributed by atoms with van der Waals surface area (Å²) in [5.41, 5.74) is -0.818. The van der Waals surface area contributed by atoms with Crippen molar-refractivity contribution >= 4 is 11.8 Å². The monoisotopic (exact) mass is 304 g/mol. The van der Waals surface area contributed by atoms with Crippen LogP contribution < -0.4 is 5.32 Å². The number of carbonyl (C=O) groups excluding carboxylic acids is 2. The van der Waals surface area contributed by atoms with E-state index in [2.05, 4.69) is 17.0 Å². The number of nitrogens with one attached hydrogen (secondary N) is 1. The second kappa shape index (κ2) is 6.42. The summed E-state index contributed by atoms with van der Waals surface area (Å²) in [6.45, 7) is 2.90. The highest BCUT2D eigenvalue weighted by atomic mass is 19.4. The van der Waals surface area contributed by atoms with Crippen molar-refractivity contribution in [2.75, 3.05) is 13.6 Å². The van der Waals surface area contributed by atoms with E-state index in [1.54, 1.807) is 0 Å². The van der Waals surface area contributed by atoms with Gasteiger partial charge in [0.05, 0.1) is 18.8 Å². The van der Waals surface area contributed by atoms with Gasteiger partial charge in [-0.1, -0.05) is 6.58 Å². The van der Waals surface area contributed by atoms with Gasteiger partial charge in [0.25, 0.3) is 0 Å². The second-order valence-corrected chi connectivity index (χ2v) is 4.32. The first-order chi connectivity index (χ1) is 9.65. The molecular weight excluding hydrogens is 289 g/mol. The standard InChI is InChI=1S/C12H15F3N4O2/c1-4-11(21)18(2)7-10(20)16-6-8-5-9(12(13,14)15)19(3)17-8/h4-5H,1,6-7H2,2-3H3,(H,16,20). The molecule has 0 saturated carbocycles. The summed E-state index contributed by atoms with van der Waals surface area (Å²) in [7, 11) is 2.58. The lowest BCUT2D eigenvalue weighted by atomic mass is 10.3. The van der Waals surface area contributed by atoms with Gasteiger partial charge in [-0.05, 0) is 12.1 Å². The van der Waals surface area contributed by atoms with Gasteiger partial charge in [0, 0.05) is 14.1 Å². The Morgan fingerprint density at radius 1 is 1.52 bits per heavy atom. The minimum atomic E-state index is -4.50. The Bertz CT molecular complexity index is 551. The van der Waals surface area contributed by atoms with Crippen LogP contribution in [0.3, 0.4) is 0 Å². The minimum Gasteiger partial charge on any atom is -0.349 e. The van der Waals surface area contributed by atoms with E-state index in [1.165, 1.54) is 14.1 Å². The van der Waals surface area contributed by atoms with Crippen LogP contribution in [0, 0.1) is 0 Å². The molecule has 6 nitrogen and oxygen atoms in total. The zero-order chi connectivity index (χ0) is 16.2. The Balaban J connectivity index is 2.58. The molecular formula is C12H15F3N4O2. The van der Waals surface area contributed by atoms with Gasteiger partial charge < -0.3 is 10.2 Å². The van der Waals surface area contributed by atoms with Crippen molar-refractivity contribution in [1.82, 2.24) is 20.0 Å². The molecule has 116 valence electrons. The van der Waals surface area contributed by atoms with Crippen molar-refractivity contribution in [3.8, 4) is 0 Å². The SMILES string of the molecule is C=CC(=O)N(C)CC(=O)NCc1cc(C(F)(F)F)n(C)n1. The summed E-state index contributed by atoms with van der Waals surface area (Å²) < 4.78 is 38.4. The normalized spacial score (nSPS) is 11.1. The fraction of sp³-hybridized carbons (Fsp3) is 0.417. The number of aromatic nitrogens is 2. The van der Waals surface area contributed by atoms with E-state index < -0.39 is 23.7 Å². The topological polar surface area (TPSA) is 67.2 Å². The van der Waals surface area contributed by atoms with Crippen molar-refractivity contribution in [2.24, 2.45) is 7.05 Å². The predicted octanol–water partition coefficient (Wildman–Crippen LogP) is 0.700. The summed E-state index contributed by atoms with van der Waals surface area (Å²) in [5, 5.41) is 6.06. The van der Waals surface area contributed by atoms with E-state index in [-0.39, 0.29) is 18.8 Å². The molecule has 0 bridgehead atoms. The molecule has 2 amide bonds. The smallest absolute Gasteiger partial charge is 0.349 e. The van der Waals surface area contributed by atoms with E-state index in [4.69, 9.17) is 0 Å². The molecule has 0 saturated heterocycles. The molecule has 0 fully saturated rings. The Labute approximate surface area is 119 Å². The Morgan fingerprint density at radius 2 is 2.14 bits per heavy atom. The fourth-order valence-electron chi connectivity index (χ4n) is 1.57. The van der Waals surface area contributed by atoms with Gasteiger partial charge in [0.15, 0.2) is 0 Å². The van der Waals surface area contributed by atoms with Crippen LogP contribution in [0.25, 0.3) is 0 Å². The molecule has 1 aromatic heterocycles. The van der Waals surface area contributed by atoms with Crippen molar-refractivity contribution in [3.63, 3.8) is 0 Å². The van der Waals surface area contributed by atoms with E-state index in [1.807, 2.05) is 0 Å². The lowest BCUT2D eigenvalue weighted by molar-refractivity contribution is -0.143. The Hall–Kier alpha value is -2.32. The summed E-state index contributed by atoms with van der Waals surface area (Å²) in [5.74, 6) is -0.936. The van der Waals surface area contributed by atoms with Crippen molar-refractivity contribution in [2.45, 2.75) is 12.7 Å². The molecule has 0 aliphatic rings. The van der Waals surface area contributed by atoms with E-state index in [0.29, 0.717) is 4.68 Å². The number of likely N-dealkylation sites (N-methyl/N-ethyl adjacent to an activating group) is 1. The lowest BCUT2D eigenvalue weighted by Gasteiger charge is -2.14. The molecule has 1 heterocycles. The first kappa shape index (κ1) is 16.7. The highest BCUT2D eigenvalue weighted by Crippen LogP contribution is 2.29. The van der Waals surface area contributed by atoms with Gasteiger partial charge >= 0.3 is 6.18 Å². The quantitative estimate of drug-likeness (QED) is 0.814. The average molecular weight is 304 g/mol. The maximum atomic E-state index is 12.6. The number of hydrogen-bond donors (Lipinski definition) is 1. The highest BCUT2D eigenvalue weighted by Gasteiger charge is 2.34. The Morgan fingerprint density at radius 3 is 2.62 bits per heavy atom. The molecule has 21 heavy (non-hydrogen) atoms. The minimum absolute atomic E-state index is 0.0795. The molecule has 0 aliphatic carbocycles. The van der Waals surface area contributed by atoms with Gasteiger partial charge in [0.2, 0.25) is 11.8 Å². The zero-order valence-corrected chi connectivity index (χ0v) is 11.6. The molecule has 1 rings (SSSR count). The lowest BCUT2D eigenvalue weighted by Crippen LogP contribution is -2.37. The zero-order valence-electron chi connectivity index (χ0n) is 11.6. The third kappa shape index (κ3) is 4.62. The van der Waals surface area contributed by atoms with Crippen LogP contribution in [0.4, 0.5) is 13.2 Å². The summed E-state index contributed by atoms with van der Waals surface area (Å²) in [4.78, 5) is 23.8. The molecule has 0 atom stereocenters. The largest absolute Gasteiger partial charge is 0.433 e. The summed E-state index contributed by atoms with van der Waals surface area (Å²) in [6, 6.07) is 0.860. The van der Waals surface area contributed by atoms with Gasteiger partial charge in [0.1, 0.15) is 5.69 Å². The number of hydrogen-bond acceptors (Lipinski definition) is 3. The third-order valence-corrected chi connectivity index (χ3v) is 2.62. The van der Waals surface area contributed by atoms with E-state index in [0.717, 1.165) is 17.0 Å². The number of amides is 2. The number of alkyl halides is 3. The highest BCUT2D eigenvalue weighted by molar-refractivity contribution is 5.90. The number of rotatable bonds is 5. The van der Waals surface area contributed by atoms with Crippen LogP contribution in [-0.4, -0.2) is 40.1 Å². The van der Waals surface area contributed by atoms with Gasteiger partial charge in [-0.3, -0.25) is 14.3 Å². The number of carbonyl (C=O) groups is 2. The molecule has 0 aromatic carbocycles. The van der Waals surface area contributed by atoms with Gasteiger partial charge in [-0.2, -0.15) is 18.3 Å². The fourth-order valence-corrected chi connectivity index (χ4v) is 1.57. The summed E-state index contributed by atoms with van der Waals surface area (Å²) >= 11 is 0. The first-order valence-electron chi connectivity index (χ1n) is 5.89. The van der Waals surface area contributed by atoms with Crippen LogP contribution in [0.1, 0.15) is 11.4 Å². The van der Waals surface area contributed by atoms with Crippen LogP contribution in [-0.2, 0) is 29.4 Å². The van der Waals surface area contributed by atoms with Crippen molar-refractivity contribution in [3.05, 3.63) is 30.1 Å². The number of aryl methyl sites for hydroxylation is 1. The molecule has 0 radical (unpaired) electrons. The molecule has 0 spiro atoms. The maximum Gasteiger partial charge on any atom is 0.433 e. The van der Waals surface area contributed by atoms with Crippen LogP contribution in [0.15, 0.2) is 18.7 Å². The number of halogens is 3. The molecule has 0 unspecified atom stereocenters. The first-order valence-corrected chi connectivity index (χ1v) is 5.89. The third-order valence-electron chi connectivity index (χ3n) is 2.62. The van der Waals surface area contributed by atoms with Crippen molar-refractivity contribution < 1.29 is 22.8 Å². The predicted molar refractivity (Wildman–Crippen MR) is 67.9 cm³/mol. The van der Waals surface area contributed by atoms with Crippen LogP contribution >= 0.6 is 0 Å². The van der Waals surface area contributed by atoms with E-state index >= 15 is 0 Å². The summed E-state index contributed by atoms with van der Waals surface area (Å²) in [6.07, 6.45) is -3.44. The van der Waals surface area contributed by atoms with Crippen LogP contribution in [0.5, 0.6) is 0 Å². The van der Waals surface area contributed by atoms with Gasteiger partial charge in [-0.25, -0.2) is 0 Å². The van der Waals surface area contributed by atoms with Crippen molar-refractivity contribution in [1.29, 1.82) is 0 Å². The molecule has 1 N–H and O–H groups in total. The molecule has 9 heteroatoms. The average Bonchev–Trinajstić information content (AvgIpc) is 2.76. The number of nitrogens with zero attached hydrogens (tertiary/aromatic N) is 3. The Kier molecular flexibility index (Phi) is 5.12. The molecule has 1 aromatic rings. The van der Waals surface area contributed by atoms with E-state index in [9.17, 15) is 22.8 Å². The van der Waals surface area contributed by atoms with Crippen LogP contribution in [0.2, 0.25) is 0 Å².